The average molecular weight is 310 g/mol. The number of rotatable bonds is 6. The van der Waals surface area contributed by atoms with Gasteiger partial charge in [-0.15, -0.1) is 10.2 Å². The Bertz CT molecular complexity index is 699. The van der Waals surface area contributed by atoms with Crippen LogP contribution in [-0.4, -0.2) is 36.1 Å². The molecule has 0 saturated carbocycles. The van der Waals surface area contributed by atoms with Crippen molar-refractivity contribution in [1.82, 2.24) is 30.7 Å². The predicted octanol–water partition coefficient (Wildman–Crippen LogP) is 0.267. The van der Waals surface area contributed by atoms with Crippen molar-refractivity contribution < 1.29 is 8.42 Å². The SMILES string of the molecule is CNCc1cccc(S(=O)(=O)NC(C)c2nn[nH]n2)c1C. The van der Waals surface area contributed by atoms with Crippen LogP contribution < -0.4 is 10.0 Å². The lowest BCUT2D eigenvalue weighted by Gasteiger charge is -2.14. The molecule has 21 heavy (non-hydrogen) atoms. The Morgan fingerprint density at radius 2 is 2.14 bits per heavy atom. The first kappa shape index (κ1) is 15.5. The minimum Gasteiger partial charge on any atom is -0.316 e. The number of tetrazole rings is 1. The monoisotopic (exact) mass is 310 g/mol. The summed E-state index contributed by atoms with van der Waals surface area (Å²) in [7, 11) is -1.84. The van der Waals surface area contributed by atoms with Crippen molar-refractivity contribution in [1.29, 1.82) is 0 Å². The number of aromatic nitrogens is 4. The first-order valence-electron chi connectivity index (χ1n) is 6.44. The van der Waals surface area contributed by atoms with Crippen molar-refractivity contribution in [2.24, 2.45) is 0 Å². The van der Waals surface area contributed by atoms with Crippen LogP contribution in [0.4, 0.5) is 0 Å². The molecule has 3 N–H and O–H groups in total. The van der Waals surface area contributed by atoms with Crippen LogP contribution in [0.25, 0.3) is 0 Å². The lowest BCUT2D eigenvalue weighted by Crippen LogP contribution is -2.28. The molecule has 0 spiro atoms. The molecule has 0 amide bonds. The van der Waals surface area contributed by atoms with Gasteiger partial charge in [-0.05, 0) is 38.1 Å². The molecule has 0 bridgehead atoms. The zero-order valence-electron chi connectivity index (χ0n) is 12.1. The number of sulfonamides is 1. The standard InChI is InChI=1S/C12H18N6O2S/c1-8-10(7-13-3)5-4-6-11(8)21(19,20)16-9(2)12-14-17-18-15-12/h4-6,9,13,16H,7H2,1-3H3,(H,14,15,17,18). The summed E-state index contributed by atoms with van der Waals surface area (Å²) in [6.45, 7) is 4.06. The molecule has 1 unspecified atom stereocenters. The Morgan fingerprint density at radius 1 is 1.38 bits per heavy atom. The van der Waals surface area contributed by atoms with E-state index in [1.165, 1.54) is 0 Å². The predicted molar refractivity (Wildman–Crippen MR) is 76.9 cm³/mol. The second-order valence-electron chi connectivity index (χ2n) is 4.68. The summed E-state index contributed by atoms with van der Waals surface area (Å²) in [4.78, 5) is 0.255. The van der Waals surface area contributed by atoms with E-state index >= 15 is 0 Å². The number of nitrogens with one attached hydrogen (secondary N) is 3. The zero-order chi connectivity index (χ0) is 15.5. The summed E-state index contributed by atoms with van der Waals surface area (Å²) in [5.41, 5.74) is 1.66. The van der Waals surface area contributed by atoms with Gasteiger partial charge < -0.3 is 5.32 Å². The summed E-state index contributed by atoms with van der Waals surface area (Å²) in [5.74, 6) is 0.294. The molecule has 0 fully saturated rings. The highest BCUT2D eigenvalue weighted by Crippen LogP contribution is 2.20. The molecule has 0 aliphatic rings. The van der Waals surface area contributed by atoms with Crippen LogP contribution in [0.3, 0.4) is 0 Å². The second kappa shape index (κ2) is 6.29. The fraction of sp³-hybridized carbons (Fsp3) is 0.417. The number of aromatic amines is 1. The molecule has 9 heteroatoms. The molecule has 2 aromatic rings. The van der Waals surface area contributed by atoms with Crippen LogP contribution in [0, 0.1) is 6.92 Å². The molecular formula is C12H18N6O2S. The van der Waals surface area contributed by atoms with Crippen molar-refractivity contribution in [3.8, 4) is 0 Å². The lowest BCUT2D eigenvalue weighted by molar-refractivity contribution is 0.559. The minimum atomic E-state index is -3.66. The van der Waals surface area contributed by atoms with Gasteiger partial charge >= 0.3 is 0 Å². The van der Waals surface area contributed by atoms with E-state index in [2.05, 4.69) is 30.7 Å². The van der Waals surface area contributed by atoms with Gasteiger partial charge in [0.15, 0.2) is 5.82 Å². The highest BCUT2D eigenvalue weighted by Gasteiger charge is 2.23. The van der Waals surface area contributed by atoms with Gasteiger partial charge in [0.25, 0.3) is 0 Å². The van der Waals surface area contributed by atoms with E-state index in [1.807, 2.05) is 13.1 Å². The fourth-order valence-corrected chi connectivity index (χ4v) is 3.52. The van der Waals surface area contributed by atoms with Gasteiger partial charge in [0, 0.05) is 6.54 Å². The van der Waals surface area contributed by atoms with Gasteiger partial charge in [-0.1, -0.05) is 17.3 Å². The maximum atomic E-state index is 12.5. The molecule has 1 aromatic heterocycles. The average Bonchev–Trinajstić information content (AvgIpc) is 2.94. The molecule has 1 atom stereocenters. The normalized spacial score (nSPS) is 13.3. The van der Waals surface area contributed by atoms with Crippen molar-refractivity contribution in [2.45, 2.75) is 31.3 Å². The third-order valence-corrected chi connectivity index (χ3v) is 4.82. The van der Waals surface area contributed by atoms with E-state index in [0.29, 0.717) is 12.4 Å². The summed E-state index contributed by atoms with van der Waals surface area (Å²) < 4.78 is 27.5. The molecule has 114 valence electrons. The Kier molecular flexibility index (Phi) is 4.66. The van der Waals surface area contributed by atoms with E-state index in [0.717, 1.165) is 11.1 Å². The number of hydrogen-bond acceptors (Lipinski definition) is 6. The van der Waals surface area contributed by atoms with E-state index in [-0.39, 0.29) is 4.90 Å². The number of H-pyrrole nitrogens is 1. The first-order valence-corrected chi connectivity index (χ1v) is 7.92. The molecule has 8 nitrogen and oxygen atoms in total. The van der Waals surface area contributed by atoms with Crippen LogP contribution in [0.5, 0.6) is 0 Å². The topological polar surface area (TPSA) is 113 Å². The van der Waals surface area contributed by atoms with Crippen molar-refractivity contribution in [2.75, 3.05) is 7.05 Å². The smallest absolute Gasteiger partial charge is 0.241 e. The summed E-state index contributed by atoms with van der Waals surface area (Å²) >= 11 is 0. The Balaban J connectivity index is 2.29. The molecule has 2 rings (SSSR count). The molecule has 1 aromatic carbocycles. The Labute approximate surface area is 123 Å². The van der Waals surface area contributed by atoms with Crippen molar-refractivity contribution in [3.05, 3.63) is 35.2 Å². The van der Waals surface area contributed by atoms with Crippen LogP contribution >= 0.6 is 0 Å². The Morgan fingerprint density at radius 3 is 2.76 bits per heavy atom. The zero-order valence-corrected chi connectivity index (χ0v) is 12.9. The van der Waals surface area contributed by atoms with E-state index in [9.17, 15) is 8.42 Å². The third-order valence-electron chi connectivity index (χ3n) is 3.13. The second-order valence-corrected chi connectivity index (χ2v) is 6.37. The van der Waals surface area contributed by atoms with Crippen LogP contribution in [0.1, 0.15) is 29.9 Å². The summed E-state index contributed by atoms with van der Waals surface area (Å²) in [6, 6.07) is 4.64. The van der Waals surface area contributed by atoms with Gasteiger partial charge in [0.1, 0.15) is 0 Å². The minimum absolute atomic E-state index is 0.255. The highest BCUT2D eigenvalue weighted by molar-refractivity contribution is 7.89. The van der Waals surface area contributed by atoms with E-state index < -0.39 is 16.1 Å². The van der Waals surface area contributed by atoms with Crippen LogP contribution in [-0.2, 0) is 16.6 Å². The molecule has 1 heterocycles. The van der Waals surface area contributed by atoms with E-state index in [1.54, 1.807) is 26.0 Å². The van der Waals surface area contributed by atoms with Crippen LogP contribution in [0.15, 0.2) is 23.1 Å². The maximum absolute atomic E-state index is 12.5. The summed E-state index contributed by atoms with van der Waals surface area (Å²) in [5, 5.41) is 16.3. The van der Waals surface area contributed by atoms with Gasteiger partial charge in [0.2, 0.25) is 10.0 Å². The van der Waals surface area contributed by atoms with Crippen LogP contribution in [0.2, 0.25) is 0 Å². The summed E-state index contributed by atoms with van der Waals surface area (Å²) in [6.07, 6.45) is 0. The van der Waals surface area contributed by atoms with Gasteiger partial charge in [0.05, 0.1) is 10.9 Å². The van der Waals surface area contributed by atoms with Crippen molar-refractivity contribution >= 4 is 10.0 Å². The van der Waals surface area contributed by atoms with Crippen molar-refractivity contribution in [3.63, 3.8) is 0 Å². The molecular weight excluding hydrogens is 292 g/mol. The largest absolute Gasteiger partial charge is 0.316 e. The quantitative estimate of drug-likeness (QED) is 0.706. The number of hydrogen-bond donors (Lipinski definition) is 3. The maximum Gasteiger partial charge on any atom is 0.241 e. The fourth-order valence-electron chi connectivity index (χ4n) is 2.03. The van der Waals surface area contributed by atoms with Gasteiger partial charge in [-0.25, -0.2) is 13.1 Å². The Hall–Kier alpha value is -1.84. The third kappa shape index (κ3) is 3.43. The molecule has 0 saturated heterocycles. The van der Waals surface area contributed by atoms with Gasteiger partial charge in [-0.2, -0.15) is 5.21 Å². The first-order chi connectivity index (χ1) is 9.95. The van der Waals surface area contributed by atoms with E-state index in [4.69, 9.17) is 0 Å². The number of benzene rings is 1. The highest BCUT2D eigenvalue weighted by atomic mass is 32.2. The van der Waals surface area contributed by atoms with Gasteiger partial charge in [-0.3, -0.25) is 0 Å². The lowest BCUT2D eigenvalue weighted by atomic mass is 10.1. The molecule has 0 radical (unpaired) electrons. The number of nitrogens with zero attached hydrogens (tertiary/aromatic N) is 3. The molecule has 0 aliphatic heterocycles. The molecule has 0 aliphatic carbocycles.